The van der Waals surface area contributed by atoms with Gasteiger partial charge in [-0.1, -0.05) is 6.07 Å². The Bertz CT molecular complexity index is 430. The zero-order chi connectivity index (χ0) is 10.8. The molecule has 0 saturated heterocycles. The van der Waals surface area contributed by atoms with E-state index in [4.69, 9.17) is 10.2 Å². The van der Waals surface area contributed by atoms with Gasteiger partial charge in [0.2, 0.25) is 0 Å². The van der Waals surface area contributed by atoms with Gasteiger partial charge in [-0.05, 0) is 31.4 Å². The highest BCUT2D eigenvalue weighted by Crippen LogP contribution is 2.24. The largest absolute Gasteiger partial charge is 0.466 e. The van der Waals surface area contributed by atoms with Gasteiger partial charge in [0.1, 0.15) is 11.5 Å². The van der Waals surface area contributed by atoms with Crippen LogP contribution in [0.15, 0.2) is 28.0 Å². The number of rotatable bonds is 3. The van der Waals surface area contributed by atoms with E-state index in [0.29, 0.717) is 0 Å². The molecule has 0 fully saturated rings. The van der Waals surface area contributed by atoms with Crippen molar-refractivity contribution < 1.29 is 4.42 Å². The summed E-state index contributed by atoms with van der Waals surface area (Å²) in [7, 11) is 0. The molecule has 2 N–H and O–H groups in total. The molecule has 80 valence electrons. The lowest BCUT2D eigenvalue weighted by Gasteiger charge is -2.08. The van der Waals surface area contributed by atoms with Crippen molar-refractivity contribution in [3.8, 4) is 0 Å². The predicted molar refractivity (Wildman–Crippen MR) is 63.1 cm³/mol. The third kappa shape index (κ3) is 2.30. The number of hydrogen-bond donors (Lipinski definition) is 1. The van der Waals surface area contributed by atoms with Crippen molar-refractivity contribution >= 4 is 11.3 Å². The van der Waals surface area contributed by atoms with Gasteiger partial charge < -0.3 is 10.2 Å². The molecule has 3 heteroatoms. The highest BCUT2D eigenvalue weighted by Gasteiger charge is 2.13. The van der Waals surface area contributed by atoms with E-state index in [9.17, 15) is 0 Å². The van der Waals surface area contributed by atoms with Crippen molar-refractivity contribution in [2.24, 2.45) is 5.73 Å². The van der Waals surface area contributed by atoms with Crippen LogP contribution in [0.25, 0.3) is 0 Å². The standard InChI is InChI=1S/C12H15NOS/c1-8-6-11(9(2)14-8)12(13)7-10-4-3-5-15-10/h3-6,12H,7,13H2,1-2H3. The van der Waals surface area contributed by atoms with Gasteiger partial charge in [0.05, 0.1) is 0 Å². The molecule has 0 amide bonds. The Hall–Kier alpha value is -1.06. The minimum absolute atomic E-state index is 0.0427. The van der Waals surface area contributed by atoms with Crippen LogP contribution >= 0.6 is 11.3 Å². The maximum absolute atomic E-state index is 6.15. The Morgan fingerprint density at radius 2 is 2.27 bits per heavy atom. The topological polar surface area (TPSA) is 39.2 Å². The molecule has 2 aromatic rings. The second-order valence-corrected chi connectivity index (χ2v) is 4.79. The maximum atomic E-state index is 6.15. The lowest BCUT2D eigenvalue weighted by atomic mass is 10.0. The van der Waals surface area contributed by atoms with Crippen LogP contribution in [0, 0.1) is 13.8 Å². The summed E-state index contributed by atoms with van der Waals surface area (Å²) in [5.41, 5.74) is 7.27. The number of hydrogen-bond acceptors (Lipinski definition) is 3. The molecule has 0 bridgehead atoms. The summed E-state index contributed by atoms with van der Waals surface area (Å²) < 4.78 is 5.48. The van der Waals surface area contributed by atoms with E-state index in [-0.39, 0.29) is 6.04 Å². The van der Waals surface area contributed by atoms with Crippen molar-refractivity contribution in [3.05, 3.63) is 45.5 Å². The fourth-order valence-corrected chi connectivity index (χ4v) is 2.54. The van der Waals surface area contributed by atoms with Gasteiger partial charge in [-0.15, -0.1) is 11.3 Å². The molecule has 15 heavy (non-hydrogen) atoms. The average molecular weight is 221 g/mol. The zero-order valence-corrected chi connectivity index (χ0v) is 9.80. The highest BCUT2D eigenvalue weighted by atomic mass is 32.1. The number of furan rings is 1. The first-order valence-electron chi connectivity index (χ1n) is 5.01. The zero-order valence-electron chi connectivity index (χ0n) is 8.99. The van der Waals surface area contributed by atoms with Crippen molar-refractivity contribution in [1.82, 2.24) is 0 Å². The van der Waals surface area contributed by atoms with Gasteiger partial charge in [0, 0.05) is 22.9 Å². The molecular weight excluding hydrogens is 206 g/mol. The van der Waals surface area contributed by atoms with Gasteiger partial charge in [-0.25, -0.2) is 0 Å². The quantitative estimate of drug-likeness (QED) is 0.864. The van der Waals surface area contributed by atoms with Gasteiger partial charge in [-0.3, -0.25) is 0 Å². The molecule has 1 atom stereocenters. The highest BCUT2D eigenvalue weighted by molar-refractivity contribution is 7.09. The van der Waals surface area contributed by atoms with Crippen molar-refractivity contribution in [2.45, 2.75) is 26.3 Å². The van der Waals surface area contributed by atoms with Crippen molar-refractivity contribution in [1.29, 1.82) is 0 Å². The molecular formula is C12H15NOS. The van der Waals surface area contributed by atoms with Gasteiger partial charge >= 0.3 is 0 Å². The normalized spacial score (nSPS) is 13.0. The van der Waals surface area contributed by atoms with Crippen LogP contribution in [0.3, 0.4) is 0 Å². The first kappa shape index (κ1) is 10.5. The van der Waals surface area contributed by atoms with E-state index in [0.717, 1.165) is 23.5 Å². The van der Waals surface area contributed by atoms with Crippen LogP contribution in [0.5, 0.6) is 0 Å². The summed E-state index contributed by atoms with van der Waals surface area (Å²) in [5, 5.41) is 2.08. The Morgan fingerprint density at radius 1 is 1.47 bits per heavy atom. The molecule has 0 aliphatic heterocycles. The van der Waals surface area contributed by atoms with Crippen LogP contribution in [-0.2, 0) is 6.42 Å². The summed E-state index contributed by atoms with van der Waals surface area (Å²) in [6.07, 6.45) is 0.886. The average Bonchev–Trinajstić information content (AvgIpc) is 2.75. The Kier molecular flexibility index (Phi) is 2.93. The first-order valence-corrected chi connectivity index (χ1v) is 5.89. The minimum Gasteiger partial charge on any atom is -0.466 e. The molecule has 2 aromatic heterocycles. The molecule has 0 spiro atoms. The third-order valence-corrected chi connectivity index (χ3v) is 3.38. The van der Waals surface area contributed by atoms with Gasteiger partial charge in [0.15, 0.2) is 0 Å². The molecule has 2 rings (SSSR count). The third-order valence-electron chi connectivity index (χ3n) is 2.48. The van der Waals surface area contributed by atoms with Crippen molar-refractivity contribution in [2.75, 3.05) is 0 Å². The summed E-state index contributed by atoms with van der Waals surface area (Å²) in [6.45, 7) is 3.92. The summed E-state index contributed by atoms with van der Waals surface area (Å²) >= 11 is 1.75. The van der Waals surface area contributed by atoms with E-state index >= 15 is 0 Å². The molecule has 0 saturated carbocycles. The SMILES string of the molecule is Cc1cc(C(N)Cc2cccs2)c(C)o1. The molecule has 0 aliphatic carbocycles. The van der Waals surface area contributed by atoms with Crippen LogP contribution in [0.2, 0.25) is 0 Å². The molecule has 0 aliphatic rings. The monoisotopic (exact) mass is 221 g/mol. The summed E-state index contributed by atoms with van der Waals surface area (Å²) in [6, 6.07) is 6.25. The minimum atomic E-state index is 0.0427. The van der Waals surface area contributed by atoms with E-state index in [1.165, 1.54) is 4.88 Å². The van der Waals surface area contributed by atoms with Crippen molar-refractivity contribution in [3.63, 3.8) is 0 Å². The Morgan fingerprint density at radius 3 is 2.80 bits per heavy atom. The van der Waals surface area contributed by atoms with Crippen LogP contribution in [0.4, 0.5) is 0 Å². The fourth-order valence-electron chi connectivity index (χ4n) is 1.77. The number of nitrogens with two attached hydrogens (primary N) is 1. The second-order valence-electron chi connectivity index (χ2n) is 3.76. The van der Waals surface area contributed by atoms with E-state index < -0.39 is 0 Å². The molecule has 0 radical (unpaired) electrons. The maximum Gasteiger partial charge on any atom is 0.105 e. The van der Waals surface area contributed by atoms with Crippen LogP contribution < -0.4 is 5.73 Å². The first-order chi connectivity index (χ1) is 7.16. The number of thiophene rings is 1. The van der Waals surface area contributed by atoms with Crippen LogP contribution in [0.1, 0.15) is 28.0 Å². The molecule has 0 aromatic carbocycles. The van der Waals surface area contributed by atoms with E-state index in [2.05, 4.69) is 17.5 Å². The number of aryl methyl sites for hydroxylation is 2. The van der Waals surface area contributed by atoms with Gasteiger partial charge in [-0.2, -0.15) is 0 Å². The fraction of sp³-hybridized carbons (Fsp3) is 0.333. The molecule has 2 nitrogen and oxygen atoms in total. The van der Waals surface area contributed by atoms with E-state index in [1.807, 2.05) is 19.9 Å². The Labute approximate surface area is 93.7 Å². The predicted octanol–water partition coefficient (Wildman–Crippen LogP) is 3.20. The summed E-state index contributed by atoms with van der Waals surface area (Å²) in [5.74, 6) is 1.88. The smallest absolute Gasteiger partial charge is 0.105 e. The van der Waals surface area contributed by atoms with Crippen LogP contribution in [-0.4, -0.2) is 0 Å². The molecule has 1 unspecified atom stereocenters. The summed E-state index contributed by atoms with van der Waals surface area (Å²) in [4.78, 5) is 1.32. The lowest BCUT2D eigenvalue weighted by molar-refractivity contribution is 0.497. The second kappa shape index (κ2) is 4.21. The van der Waals surface area contributed by atoms with E-state index in [1.54, 1.807) is 11.3 Å². The van der Waals surface area contributed by atoms with Gasteiger partial charge in [0.25, 0.3) is 0 Å². The Balaban J connectivity index is 2.14. The molecule has 2 heterocycles. The lowest BCUT2D eigenvalue weighted by Crippen LogP contribution is -2.12.